The molecule has 1 aliphatic carbocycles. The normalized spacial score (nSPS) is 21.0. The SMILES string of the molecule is COC1CCCC1OC(=O)c1c(-c2ccncc2)noc1C. The molecule has 2 unspecified atom stereocenters. The number of methoxy groups -OCH3 is 1. The van der Waals surface area contributed by atoms with Crippen LogP contribution in [0.1, 0.15) is 35.4 Å². The first-order valence-corrected chi connectivity index (χ1v) is 7.31. The lowest BCUT2D eigenvalue weighted by molar-refractivity contribution is -0.0207. The quantitative estimate of drug-likeness (QED) is 0.808. The van der Waals surface area contributed by atoms with E-state index in [0.29, 0.717) is 17.0 Å². The highest BCUT2D eigenvalue weighted by atomic mass is 16.6. The number of ether oxygens (including phenoxy) is 2. The lowest BCUT2D eigenvalue weighted by Crippen LogP contribution is -2.28. The number of carbonyl (C=O) groups is 1. The molecule has 1 aliphatic rings. The van der Waals surface area contributed by atoms with Crippen LogP contribution >= 0.6 is 0 Å². The van der Waals surface area contributed by atoms with Crippen LogP contribution in [0.4, 0.5) is 0 Å². The third kappa shape index (κ3) is 2.74. The molecule has 2 heterocycles. The van der Waals surface area contributed by atoms with Gasteiger partial charge in [0.1, 0.15) is 23.1 Å². The van der Waals surface area contributed by atoms with Gasteiger partial charge in [-0.1, -0.05) is 5.16 Å². The summed E-state index contributed by atoms with van der Waals surface area (Å²) in [7, 11) is 1.64. The number of nitrogens with zero attached hydrogens (tertiary/aromatic N) is 2. The maximum absolute atomic E-state index is 12.5. The molecule has 0 N–H and O–H groups in total. The van der Waals surface area contributed by atoms with E-state index in [2.05, 4.69) is 10.1 Å². The van der Waals surface area contributed by atoms with Gasteiger partial charge in [0.15, 0.2) is 0 Å². The Morgan fingerprint density at radius 2 is 2.00 bits per heavy atom. The van der Waals surface area contributed by atoms with Crippen LogP contribution in [0.25, 0.3) is 11.3 Å². The van der Waals surface area contributed by atoms with Crippen LogP contribution in [0.3, 0.4) is 0 Å². The summed E-state index contributed by atoms with van der Waals surface area (Å²) < 4.78 is 16.2. The number of hydrogen-bond donors (Lipinski definition) is 0. The summed E-state index contributed by atoms with van der Waals surface area (Å²) in [6.45, 7) is 1.71. The molecule has 0 aromatic carbocycles. The predicted molar refractivity (Wildman–Crippen MR) is 78.3 cm³/mol. The van der Waals surface area contributed by atoms with Crippen molar-refractivity contribution in [2.24, 2.45) is 0 Å². The number of pyridine rings is 1. The van der Waals surface area contributed by atoms with Crippen molar-refractivity contribution in [3.8, 4) is 11.3 Å². The van der Waals surface area contributed by atoms with Crippen LogP contribution in [0.15, 0.2) is 29.0 Å². The van der Waals surface area contributed by atoms with Crippen molar-refractivity contribution in [3.05, 3.63) is 35.9 Å². The van der Waals surface area contributed by atoms with Crippen LogP contribution < -0.4 is 0 Å². The van der Waals surface area contributed by atoms with E-state index in [9.17, 15) is 4.79 Å². The largest absolute Gasteiger partial charge is 0.456 e. The smallest absolute Gasteiger partial charge is 0.344 e. The van der Waals surface area contributed by atoms with E-state index in [1.54, 1.807) is 38.6 Å². The Balaban J connectivity index is 1.85. The Hall–Kier alpha value is -2.21. The maximum atomic E-state index is 12.5. The molecule has 3 rings (SSSR count). The number of aryl methyl sites for hydroxylation is 1. The molecular weight excluding hydrogens is 284 g/mol. The molecule has 0 saturated heterocycles. The van der Waals surface area contributed by atoms with Crippen molar-refractivity contribution in [1.29, 1.82) is 0 Å². The first kappa shape index (κ1) is 14.7. The Morgan fingerprint density at radius 1 is 1.27 bits per heavy atom. The molecule has 0 amide bonds. The highest BCUT2D eigenvalue weighted by molar-refractivity contribution is 5.97. The lowest BCUT2D eigenvalue weighted by Gasteiger charge is -2.18. The van der Waals surface area contributed by atoms with Crippen molar-refractivity contribution in [2.75, 3.05) is 7.11 Å². The van der Waals surface area contributed by atoms with Crippen molar-refractivity contribution < 1.29 is 18.8 Å². The standard InChI is InChI=1S/C16H18N2O4/c1-10-14(15(18-22-10)11-6-8-17-9-7-11)16(19)21-13-5-3-4-12(13)20-2/h6-9,12-13H,3-5H2,1-2H3. The summed E-state index contributed by atoms with van der Waals surface area (Å²) in [5.41, 5.74) is 1.62. The zero-order chi connectivity index (χ0) is 15.5. The van der Waals surface area contributed by atoms with Gasteiger partial charge in [-0.25, -0.2) is 4.79 Å². The van der Waals surface area contributed by atoms with Gasteiger partial charge in [-0.3, -0.25) is 4.98 Å². The van der Waals surface area contributed by atoms with Gasteiger partial charge in [0.2, 0.25) is 0 Å². The van der Waals surface area contributed by atoms with Gasteiger partial charge in [-0.2, -0.15) is 0 Å². The van der Waals surface area contributed by atoms with Crippen molar-refractivity contribution in [1.82, 2.24) is 10.1 Å². The van der Waals surface area contributed by atoms with Gasteiger partial charge in [0, 0.05) is 25.1 Å². The van der Waals surface area contributed by atoms with Gasteiger partial charge in [0.25, 0.3) is 0 Å². The first-order chi connectivity index (χ1) is 10.7. The number of rotatable bonds is 4. The number of aromatic nitrogens is 2. The minimum absolute atomic E-state index is 0.0338. The summed E-state index contributed by atoms with van der Waals surface area (Å²) in [4.78, 5) is 16.5. The molecule has 1 fully saturated rings. The van der Waals surface area contributed by atoms with E-state index in [-0.39, 0.29) is 12.2 Å². The molecular formula is C16H18N2O4. The van der Waals surface area contributed by atoms with Gasteiger partial charge >= 0.3 is 5.97 Å². The highest BCUT2D eigenvalue weighted by Gasteiger charge is 2.33. The molecule has 2 aromatic rings. The minimum Gasteiger partial charge on any atom is -0.456 e. The third-order valence-corrected chi connectivity index (χ3v) is 3.97. The molecule has 2 atom stereocenters. The molecule has 6 heteroatoms. The average molecular weight is 302 g/mol. The van der Waals surface area contributed by atoms with E-state index >= 15 is 0 Å². The fourth-order valence-corrected chi connectivity index (χ4v) is 2.81. The summed E-state index contributed by atoms with van der Waals surface area (Å²) in [5.74, 6) is 0.0308. The zero-order valence-electron chi connectivity index (χ0n) is 12.6. The third-order valence-electron chi connectivity index (χ3n) is 3.97. The van der Waals surface area contributed by atoms with E-state index in [4.69, 9.17) is 14.0 Å². The van der Waals surface area contributed by atoms with E-state index in [1.165, 1.54) is 0 Å². The molecule has 116 valence electrons. The summed E-state index contributed by atoms with van der Waals surface area (Å²) in [6.07, 6.45) is 5.77. The Morgan fingerprint density at radius 3 is 2.73 bits per heavy atom. The second-order valence-corrected chi connectivity index (χ2v) is 5.35. The predicted octanol–water partition coefficient (Wildman–Crippen LogP) is 2.77. The molecule has 22 heavy (non-hydrogen) atoms. The van der Waals surface area contributed by atoms with E-state index in [1.807, 2.05) is 0 Å². The van der Waals surface area contributed by atoms with Crippen molar-refractivity contribution in [3.63, 3.8) is 0 Å². The second-order valence-electron chi connectivity index (χ2n) is 5.35. The van der Waals surface area contributed by atoms with E-state index < -0.39 is 5.97 Å². The molecule has 0 bridgehead atoms. The minimum atomic E-state index is -0.417. The fraction of sp³-hybridized carbons (Fsp3) is 0.438. The number of hydrogen-bond acceptors (Lipinski definition) is 6. The number of carbonyl (C=O) groups excluding carboxylic acids is 1. The molecule has 1 saturated carbocycles. The van der Waals surface area contributed by atoms with Crippen LogP contribution in [0, 0.1) is 6.92 Å². The van der Waals surface area contributed by atoms with Crippen LogP contribution in [0.2, 0.25) is 0 Å². The van der Waals surface area contributed by atoms with Crippen molar-refractivity contribution >= 4 is 5.97 Å². The monoisotopic (exact) mass is 302 g/mol. The summed E-state index contributed by atoms with van der Waals surface area (Å²) in [5, 5.41) is 3.99. The van der Waals surface area contributed by atoms with Gasteiger partial charge in [-0.15, -0.1) is 0 Å². The van der Waals surface area contributed by atoms with Crippen LogP contribution in [-0.2, 0) is 9.47 Å². The van der Waals surface area contributed by atoms with Crippen molar-refractivity contribution in [2.45, 2.75) is 38.4 Å². The maximum Gasteiger partial charge on any atom is 0.344 e. The average Bonchev–Trinajstić information content (AvgIpc) is 3.14. The van der Waals surface area contributed by atoms with Crippen LogP contribution in [-0.4, -0.2) is 35.4 Å². The molecule has 6 nitrogen and oxygen atoms in total. The number of esters is 1. The van der Waals surface area contributed by atoms with Gasteiger partial charge in [-0.05, 0) is 38.3 Å². The zero-order valence-corrected chi connectivity index (χ0v) is 12.6. The summed E-state index contributed by atoms with van der Waals surface area (Å²) in [6, 6.07) is 3.56. The first-order valence-electron chi connectivity index (χ1n) is 7.31. The van der Waals surface area contributed by atoms with Gasteiger partial charge < -0.3 is 14.0 Å². The molecule has 0 radical (unpaired) electrons. The topological polar surface area (TPSA) is 74.5 Å². The lowest BCUT2D eigenvalue weighted by atomic mass is 10.1. The molecule has 0 aliphatic heterocycles. The van der Waals surface area contributed by atoms with E-state index in [0.717, 1.165) is 24.8 Å². The highest BCUT2D eigenvalue weighted by Crippen LogP contribution is 2.29. The van der Waals surface area contributed by atoms with Gasteiger partial charge in [0.05, 0.1) is 6.10 Å². The molecule has 0 spiro atoms. The fourth-order valence-electron chi connectivity index (χ4n) is 2.81. The van der Waals surface area contributed by atoms with Crippen LogP contribution in [0.5, 0.6) is 0 Å². The summed E-state index contributed by atoms with van der Waals surface area (Å²) >= 11 is 0. The Bertz CT molecular complexity index is 653. The molecule has 2 aromatic heterocycles. The second kappa shape index (κ2) is 6.27. The Labute approximate surface area is 128 Å². The Kier molecular flexibility index (Phi) is 4.20.